The smallest absolute Gasteiger partial charge is 0.241 e. The van der Waals surface area contributed by atoms with E-state index in [-0.39, 0.29) is 17.3 Å². The van der Waals surface area contributed by atoms with Crippen LogP contribution in [-0.4, -0.2) is 59.5 Å². The van der Waals surface area contributed by atoms with Gasteiger partial charge >= 0.3 is 0 Å². The lowest BCUT2D eigenvalue weighted by atomic mass is 9.92. The molecule has 1 atom stereocenters. The minimum atomic E-state index is -0.310. The molecule has 0 saturated carbocycles. The standard InChI is InChI=1S/C18H21FN4OS/c1-21-11-17(24)23(15-4-2-3-14(19)9-15)13-18(21)5-7-22(12-18)10-16-20-6-8-25-16/h2-4,6,8-9H,5,7,10-13H2,1H3/t18-/m1/s1. The molecule has 4 rings (SSSR count). The Morgan fingerprint density at radius 1 is 1.36 bits per heavy atom. The van der Waals surface area contributed by atoms with Crippen molar-refractivity contribution >= 4 is 22.9 Å². The molecule has 0 radical (unpaired) electrons. The van der Waals surface area contributed by atoms with Gasteiger partial charge in [-0.25, -0.2) is 9.37 Å². The van der Waals surface area contributed by atoms with Crippen LogP contribution >= 0.6 is 11.3 Å². The summed E-state index contributed by atoms with van der Waals surface area (Å²) in [6.45, 7) is 3.68. The molecule has 5 nitrogen and oxygen atoms in total. The van der Waals surface area contributed by atoms with Crippen molar-refractivity contribution < 1.29 is 9.18 Å². The summed E-state index contributed by atoms with van der Waals surface area (Å²) in [4.78, 5) is 23.2. The summed E-state index contributed by atoms with van der Waals surface area (Å²) in [5, 5.41) is 3.12. The van der Waals surface area contributed by atoms with Gasteiger partial charge in [0.1, 0.15) is 10.8 Å². The van der Waals surface area contributed by atoms with Crippen LogP contribution in [0, 0.1) is 5.82 Å². The number of likely N-dealkylation sites (tertiary alicyclic amines) is 1. The van der Waals surface area contributed by atoms with Crippen molar-refractivity contribution in [3.05, 3.63) is 46.7 Å². The molecule has 0 aliphatic carbocycles. The molecular weight excluding hydrogens is 339 g/mol. The topological polar surface area (TPSA) is 39.7 Å². The van der Waals surface area contributed by atoms with Crippen molar-refractivity contribution in [2.45, 2.75) is 18.5 Å². The lowest BCUT2D eigenvalue weighted by Crippen LogP contribution is -2.64. The number of aromatic nitrogens is 1. The highest BCUT2D eigenvalue weighted by molar-refractivity contribution is 7.09. The van der Waals surface area contributed by atoms with Crippen LogP contribution in [0.1, 0.15) is 11.4 Å². The fourth-order valence-corrected chi connectivity index (χ4v) is 4.53. The lowest BCUT2D eigenvalue weighted by molar-refractivity contribution is -0.123. The van der Waals surface area contributed by atoms with E-state index < -0.39 is 0 Å². The Kier molecular flexibility index (Phi) is 4.31. The zero-order chi connectivity index (χ0) is 17.4. The Bertz CT molecular complexity index is 768. The van der Waals surface area contributed by atoms with Gasteiger partial charge in [0.2, 0.25) is 5.91 Å². The predicted octanol–water partition coefficient (Wildman–Crippen LogP) is 2.21. The van der Waals surface area contributed by atoms with Crippen LogP contribution in [0.3, 0.4) is 0 Å². The van der Waals surface area contributed by atoms with Crippen LogP contribution in [0.15, 0.2) is 35.8 Å². The molecule has 2 aliphatic heterocycles. The minimum Gasteiger partial charge on any atom is -0.309 e. The molecule has 2 fully saturated rings. The first-order valence-corrected chi connectivity index (χ1v) is 9.32. The van der Waals surface area contributed by atoms with E-state index in [4.69, 9.17) is 0 Å². The number of carbonyl (C=O) groups is 1. The molecule has 1 amide bonds. The highest BCUT2D eigenvalue weighted by atomic mass is 32.1. The van der Waals surface area contributed by atoms with E-state index in [0.29, 0.717) is 18.8 Å². The van der Waals surface area contributed by atoms with Crippen LogP contribution in [0.25, 0.3) is 0 Å². The van der Waals surface area contributed by atoms with Crippen molar-refractivity contribution in [2.24, 2.45) is 0 Å². The predicted molar refractivity (Wildman–Crippen MR) is 96.1 cm³/mol. The average Bonchev–Trinajstić information content (AvgIpc) is 3.22. The quantitative estimate of drug-likeness (QED) is 0.841. The number of rotatable bonds is 3. The van der Waals surface area contributed by atoms with Gasteiger partial charge < -0.3 is 4.90 Å². The number of nitrogens with zero attached hydrogens (tertiary/aromatic N) is 4. The maximum absolute atomic E-state index is 13.6. The van der Waals surface area contributed by atoms with Crippen LogP contribution in [0.2, 0.25) is 0 Å². The zero-order valence-electron chi connectivity index (χ0n) is 14.2. The Labute approximate surface area is 150 Å². The molecule has 3 heterocycles. The van der Waals surface area contributed by atoms with Gasteiger partial charge in [0, 0.05) is 36.9 Å². The van der Waals surface area contributed by atoms with E-state index in [9.17, 15) is 9.18 Å². The number of likely N-dealkylation sites (N-methyl/N-ethyl adjacent to an activating group) is 1. The molecule has 1 spiro atoms. The number of amides is 1. The van der Waals surface area contributed by atoms with E-state index >= 15 is 0 Å². The second-order valence-corrected chi connectivity index (χ2v) is 7.91. The number of thiazole rings is 1. The summed E-state index contributed by atoms with van der Waals surface area (Å²) in [5.41, 5.74) is 0.563. The molecule has 7 heteroatoms. The van der Waals surface area contributed by atoms with Gasteiger partial charge in [-0.15, -0.1) is 11.3 Å². The maximum Gasteiger partial charge on any atom is 0.241 e. The van der Waals surface area contributed by atoms with Crippen molar-refractivity contribution in [1.82, 2.24) is 14.8 Å². The minimum absolute atomic E-state index is 0.0251. The first-order chi connectivity index (χ1) is 12.1. The van der Waals surface area contributed by atoms with Gasteiger partial charge in [0.15, 0.2) is 0 Å². The van der Waals surface area contributed by atoms with Crippen molar-refractivity contribution in [1.29, 1.82) is 0 Å². The molecule has 132 valence electrons. The van der Waals surface area contributed by atoms with E-state index in [1.54, 1.807) is 22.3 Å². The average molecular weight is 360 g/mol. The van der Waals surface area contributed by atoms with Crippen molar-refractivity contribution in [2.75, 3.05) is 38.1 Å². The fourth-order valence-electron chi connectivity index (χ4n) is 3.88. The zero-order valence-corrected chi connectivity index (χ0v) is 15.0. The van der Waals surface area contributed by atoms with E-state index in [0.717, 1.165) is 31.1 Å². The van der Waals surface area contributed by atoms with Gasteiger partial charge in [0.25, 0.3) is 0 Å². The number of hydrogen-bond acceptors (Lipinski definition) is 5. The van der Waals surface area contributed by atoms with Gasteiger partial charge in [-0.05, 0) is 31.7 Å². The Hall–Kier alpha value is -1.83. The second-order valence-electron chi connectivity index (χ2n) is 6.93. The Balaban J connectivity index is 1.54. The number of carbonyl (C=O) groups excluding carboxylic acids is 1. The number of piperazine rings is 1. The second kappa shape index (κ2) is 6.48. The van der Waals surface area contributed by atoms with Crippen molar-refractivity contribution in [3.63, 3.8) is 0 Å². The first-order valence-electron chi connectivity index (χ1n) is 8.44. The number of hydrogen-bond donors (Lipinski definition) is 0. The van der Waals surface area contributed by atoms with Crippen LogP contribution in [0.4, 0.5) is 10.1 Å². The molecule has 1 aromatic carbocycles. The fraction of sp³-hybridized carbons (Fsp3) is 0.444. The molecule has 0 unspecified atom stereocenters. The highest BCUT2D eigenvalue weighted by Crippen LogP contribution is 2.34. The third-order valence-electron chi connectivity index (χ3n) is 5.31. The van der Waals surface area contributed by atoms with E-state index in [2.05, 4.69) is 14.8 Å². The monoisotopic (exact) mass is 360 g/mol. The van der Waals surface area contributed by atoms with Crippen LogP contribution in [0.5, 0.6) is 0 Å². The third-order valence-corrected chi connectivity index (χ3v) is 6.07. The molecular formula is C18H21FN4OS. The molecule has 2 saturated heterocycles. The van der Waals surface area contributed by atoms with E-state index in [1.807, 2.05) is 24.7 Å². The molecule has 0 N–H and O–H groups in total. The van der Waals surface area contributed by atoms with Gasteiger partial charge in [-0.3, -0.25) is 14.6 Å². The maximum atomic E-state index is 13.6. The Morgan fingerprint density at radius 3 is 3.00 bits per heavy atom. The summed E-state index contributed by atoms with van der Waals surface area (Å²) < 4.78 is 13.6. The first kappa shape index (κ1) is 16.6. The summed E-state index contributed by atoms with van der Waals surface area (Å²) in [6.07, 6.45) is 2.83. The van der Waals surface area contributed by atoms with Gasteiger partial charge in [-0.2, -0.15) is 0 Å². The number of benzene rings is 1. The van der Waals surface area contributed by atoms with Crippen LogP contribution < -0.4 is 4.90 Å². The lowest BCUT2D eigenvalue weighted by Gasteiger charge is -2.47. The molecule has 1 aromatic heterocycles. The summed E-state index contributed by atoms with van der Waals surface area (Å²) in [7, 11) is 2.02. The summed E-state index contributed by atoms with van der Waals surface area (Å²) >= 11 is 1.67. The SMILES string of the molecule is CN1CC(=O)N(c2cccc(F)c2)C[C@]12CCN(Cc1nccs1)C2. The van der Waals surface area contributed by atoms with Crippen LogP contribution in [-0.2, 0) is 11.3 Å². The summed E-state index contributed by atoms with van der Waals surface area (Å²) in [6, 6.07) is 6.32. The molecule has 25 heavy (non-hydrogen) atoms. The van der Waals surface area contributed by atoms with Crippen molar-refractivity contribution in [3.8, 4) is 0 Å². The molecule has 0 bridgehead atoms. The number of halogens is 1. The summed E-state index contributed by atoms with van der Waals surface area (Å²) in [5.74, 6) is -0.285. The van der Waals surface area contributed by atoms with Gasteiger partial charge in [-0.1, -0.05) is 6.07 Å². The normalized spacial score (nSPS) is 25.2. The number of anilines is 1. The molecule has 2 aromatic rings. The Morgan fingerprint density at radius 2 is 2.24 bits per heavy atom. The van der Waals surface area contributed by atoms with Gasteiger partial charge in [0.05, 0.1) is 18.6 Å². The van der Waals surface area contributed by atoms with E-state index in [1.165, 1.54) is 12.1 Å². The highest BCUT2D eigenvalue weighted by Gasteiger charge is 2.47. The largest absolute Gasteiger partial charge is 0.309 e. The third kappa shape index (κ3) is 3.19. The molecule has 2 aliphatic rings.